The standard InChI is InChI=1S/C24H39N2/c1-3-5-7-8-13-19-25-21-22-26(24(25)18-10-6-4-2)20-14-17-23-15-11-9-12-16-23/h9,11-12,15-16,21-22H,3-8,10,13-14,17-20H2,1-2H3/q+1. The van der Waals surface area contributed by atoms with E-state index in [-0.39, 0.29) is 0 Å². The van der Waals surface area contributed by atoms with Crippen molar-refractivity contribution in [3.05, 3.63) is 54.1 Å². The Balaban J connectivity index is 1.88. The average Bonchev–Trinajstić information content (AvgIpc) is 3.05. The predicted octanol–water partition coefficient (Wildman–Crippen LogP) is 6.11. The quantitative estimate of drug-likeness (QED) is 0.285. The number of nitrogens with zero attached hydrogens (tertiary/aromatic N) is 2. The Bertz CT molecular complexity index is 586. The zero-order valence-electron chi connectivity index (χ0n) is 17.1. The average molecular weight is 356 g/mol. The molecule has 1 aromatic carbocycles. The van der Waals surface area contributed by atoms with Crippen LogP contribution in [0.25, 0.3) is 0 Å². The maximum absolute atomic E-state index is 2.53. The van der Waals surface area contributed by atoms with Crippen molar-refractivity contribution in [2.24, 2.45) is 0 Å². The molecule has 0 radical (unpaired) electrons. The maximum Gasteiger partial charge on any atom is 0.256 e. The minimum atomic E-state index is 1.14. The molecule has 0 bridgehead atoms. The van der Waals surface area contributed by atoms with Gasteiger partial charge in [-0.05, 0) is 37.7 Å². The summed E-state index contributed by atoms with van der Waals surface area (Å²) in [6, 6.07) is 10.9. The van der Waals surface area contributed by atoms with Gasteiger partial charge < -0.3 is 0 Å². The van der Waals surface area contributed by atoms with Gasteiger partial charge in [0.1, 0.15) is 12.4 Å². The molecule has 2 nitrogen and oxygen atoms in total. The molecule has 0 aliphatic carbocycles. The van der Waals surface area contributed by atoms with Crippen LogP contribution in [0.5, 0.6) is 0 Å². The number of hydrogen-bond donors (Lipinski definition) is 0. The molecular weight excluding hydrogens is 316 g/mol. The summed E-state index contributed by atoms with van der Waals surface area (Å²) in [5, 5.41) is 0. The molecule has 0 saturated carbocycles. The Morgan fingerprint density at radius 2 is 1.50 bits per heavy atom. The second kappa shape index (κ2) is 12.7. The molecule has 0 atom stereocenters. The zero-order chi connectivity index (χ0) is 18.5. The lowest BCUT2D eigenvalue weighted by Crippen LogP contribution is -2.37. The number of benzene rings is 1. The second-order valence-electron chi connectivity index (χ2n) is 7.56. The third kappa shape index (κ3) is 7.35. The van der Waals surface area contributed by atoms with E-state index in [2.05, 4.69) is 65.7 Å². The number of aromatic nitrogens is 2. The van der Waals surface area contributed by atoms with E-state index in [1.165, 1.54) is 82.7 Å². The van der Waals surface area contributed by atoms with Gasteiger partial charge in [0.05, 0.1) is 13.1 Å². The largest absolute Gasteiger partial charge is 0.256 e. The summed E-state index contributed by atoms with van der Waals surface area (Å²) in [7, 11) is 0. The highest BCUT2D eigenvalue weighted by molar-refractivity contribution is 5.14. The van der Waals surface area contributed by atoms with Crippen LogP contribution in [0, 0.1) is 0 Å². The molecular formula is C24H39N2+. The Hall–Kier alpha value is -1.57. The van der Waals surface area contributed by atoms with Gasteiger partial charge in [-0.15, -0.1) is 0 Å². The molecule has 0 saturated heterocycles. The van der Waals surface area contributed by atoms with Crippen molar-refractivity contribution < 1.29 is 4.57 Å². The predicted molar refractivity (Wildman–Crippen MR) is 111 cm³/mol. The van der Waals surface area contributed by atoms with E-state index in [0.717, 1.165) is 6.54 Å². The monoisotopic (exact) mass is 355 g/mol. The summed E-state index contributed by atoms with van der Waals surface area (Å²) in [5.74, 6) is 1.54. The number of imidazole rings is 1. The van der Waals surface area contributed by atoms with E-state index in [1.807, 2.05) is 0 Å². The molecule has 0 aliphatic rings. The molecule has 0 fully saturated rings. The van der Waals surface area contributed by atoms with E-state index in [9.17, 15) is 0 Å². The molecule has 2 aromatic rings. The van der Waals surface area contributed by atoms with Crippen LogP contribution >= 0.6 is 0 Å². The van der Waals surface area contributed by atoms with Crippen LogP contribution in [-0.2, 0) is 25.9 Å². The highest BCUT2D eigenvalue weighted by Gasteiger charge is 2.16. The van der Waals surface area contributed by atoms with Crippen molar-refractivity contribution in [3.63, 3.8) is 0 Å². The smallest absolute Gasteiger partial charge is 0.234 e. The topological polar surface area (TPSA) is 8.81 Å². The van der Waals surface area contributed by atoms with Crippen molar-refractivity contribution in [2.45, 2.75) is 97.6 Å². The molecule has 0 aliphatic heterocycles. The van der Waals surface area contributed by atoms with E-state index in [1.54, 1.807) is 5.82 Å². The number of rotatable bonds is 14. The summed E-state index contributed by atoms with van der Waals surface area (Å²) in [5.41, 5.74) is 1.45. The molecule has 26 heavy (non-hydrogen) atoms. The fraction of sp³-hybridized carbons (Fsp3) is 0.625. The Morgan fingerprint density at radius 1 is 0.769 bits per heavy atom. The van der Waals surface area contributed by atoms with E-state index in [4.69, 9.17) is 0 Å². The van der Waals surface area contributed by atoms with Crippen molar-refractivity contribution >= 4 is 0 Å². The van der Waals surface area contributed by atoms with Crippen LogP contribution in [0.2, 0.25) is 0 Å². The third-order valence-electron chi connectivity index (χ3n) is 5.30. The van der Waals surface area contributed by atoms with Gasteiger partial charge >= 0.3 is 0 Å². The minimum absolute atomic E-state index is 1.14. The van der Waals surface area contributed by atoms with E-state index < -0.39 is 0 Å². The van der Waals surface area contributed by atoms with Gasteiger partial charge in [-0.1, -0.05) is 76.3 Å². The number of unbranched alkanes of at least 4 members (excludes halogenated alkanes) is 6. The molecule has 2 heteroatoms. The van der Waals surface area contributed by atoms with Crippen LogP contribution in [0.15, 0.2) is 42.7 Å². The van der Waals surface area contributed by atoms with Crippen molar-refractivity contribution in [2.75, 3.05) is 0 Å². The summed E-state index contributed by atoms with van der Waals surface area (Å²) in [4.78, 5) is 0. The van der Waals surface area contributed by atoms with Gasteiger partial charge in [0.2, 0.25) is 0 Å². The first-order valence-electron chi connectivity index (χ1n) is 11.0. The van der Waals surface area contributed by atoms with Crippen LogP contribution in [0.1, 0.15) is 83.0 Å². The van der Waals surface area contributed by atoms with E-state index in [0.29, 0.717) is 0 Å². The normalized spacial score (nSPS) is 11.2. The summed E-state index contributed by atoms with van der Waals surface area (Å²) >= 11 is 0. The van der Waals surface area contributed by atoms with Crippen LogP contribution in [-0.4, -0.2) is 4.57 Å². The van der Waals surface area contributed by atoms with Crippen molar-refractivity contribution in [1.82, 2.24) is 4.57 Å². The first kappa shape index (κ1) is 20.7. The SMILES string of the molecule is CCCCCCCn1cc[n+](CCCc2ccccc2)c1CCCCC. The van der Waals surface area contributed by atoms with Gasteiger partial charge in [0, 0.05) is 6.42 Å². The lowest BCUT2D eigenvalue weighted by atomic mass is 10.1. The lowest BCUT2D eigenvalue weighted by Gasteiger charge is -2.06. The minimum Gasteiger partial charge on any atom is -0.234 e. The molecule has 0 unspecified atom stereocenters. The van der Waals surface area contributed by atoms with Gasteiger partial charge in [-0.25, -0.2) is 9.13 Å². The fourth-order valence-corrected chi connectivity index (χ4v) is 3.71. The maximum atomic E-state index is 2.53. The Morgan fingerprint density at radius 3 is 2.27 bits per heavy atom. The first-order valence-corrected chi connectivity index (χ1v) is 11.0. The second-order valence-corrected chi connectivity index (χ2v) is 7.56. The fourth-order valence-electron chi connectivity index (χ4n) is 3.71. The molecule has 1 heterocycles. The summed E-state index contributed by atoms with van der Waals surface area (Å²) < 4.78 is 5.05. The van der Waals surface area contributed by atoms with Crippen LogP contribution in [0.3, 0.4) is 0 Å². The first-order chi connectivity index (χ1) is 12.8. The highest BCUT2D eigenvalue weighted by atomic mass is 15.1. The molecule has 2 rings (SSSR count). The number of hydrogen-bond acceptors (Lipinski definition) is 0. The van der Waals surface area contributed by atoms with Crippen LogP contribution in [0.4, 0.5) is 0 Å². The summed E-state index contributed by atoms with van der Waals surface area (Å²) in [6.45, 7) is 6.91. The molecule has 0 N–H and O–H groups in total. The summed E-state index contributed by atoms with van der Waals surface area (Å²) in [6.07, 6.45) is 19.0. The van der Waals surface area contributed by atoms with Gasteiger partial charge in [0.15, 0.2) is 0 Å². The Labute approximate surface area is 161 Å². The highest BCUT2D eigenvalue weighted by Crippen LogP contribution is 2.09. The molecule has 1 aromatic heterocycles. The Kier molecular flexibility index (Phi) is 10.2. The van der Waals surface area contributed by atoms with Crippen LogP contribution < -0.4 is 4.57 Å². The van der Waals surface area contributed by atoms with Gasteiger partial charge in [-0.3, -0.25) is 0 Å². The number of aryl methyl sites for hydroxylation is 3. The van der Waals surface area contributed by atoms with E-state index >= 15 is 0 Å². The third-order valence-corrected chi connectivity index (χ3v) is 5.30. The van der Waals surface area contributed by atoms with Crippen molar-refractivity contribution in [3.8, 4) is 0 Å². The molecule has 144 valence electrons. The zero-order valence-corrected chi connectivity index (χ0v) is 17.1. The molecule has 0 amide bonds. The van der Waals surface area contributed by atoms with Gasteiger partial charge in [-0.2, -0.15) is 0 Å². The van der Waals surface area contributed by atoms with Crippen molar-refractivity contribution in [1.29, 1.82) is 0 Å². The lowest BCUT2D eigenvalue weighted by molar-refractivity contribution is -0.704. The van der Waals surface area contributed by atoms with Gasteiger partial charge in [0.25, 0.3) is 5.82 Å². The molecule has 0 spiro atoms.